The minimum Gasteiger partial charge on any atom is -0.479 e. The normalized spacial score (nSPS) is 12.1. The molecule has 15 heteroatoms. The zero-order chi connectivity index (χ0) is 24.7. The first-order valence-corrected chi connectivity index (χ1v) is 11.4. The van der Waals surface area contributed by atoms with Gasteiger partial charge in [0.15, 0.2) is 11.6 Å². The number of methoxy groups -OCH3 is 1. The van der Waals surface area contributed by atoms with Crippen molar-refractivity contribution in [3.8, 4) is 11.6 Å². The lowest BCUT2D eigenvalue weighted by Gasteiger charge is -2.15. The van der Waals surface area contributed by atoms with Gasteiger partial charge in [-0.05, 0) is 24.3 Å². The molecule has 0 spiro atoms. The highest BCUT2D eigenvalue weighted by molar-refractivity contribution is 8.00. The number of sulfonamides is 1. The molecule has 4 aromatic rings. The van der Waals surface area contributed by atoms with Crippen LogP contribution in [0.3, 0.4) is 0 Å². The van der Waals surface area contributed by atoms with Gasteiger partial charge in [0.25, 0.3) is 15.6 Å². The third kappa shape index (κ3) is 4.70. The van der Waals surface area contributed by atoms with Crippen LogP contribution in [0.4, 0.5) is 23.4 Å². The molecule has 0 saturated heterocycles. The molecular weight excluding hydrogens is 504 g/mol. The summed E-state index contributed by atoms with van der Waals surface area (Å²) in [6, 6.07) is 8.13. The van der Waals surface area contributed by atoms with Gasteiger partial charge in [-0.15, -0.1) is 0 Å². The molecule has 0 aliphatic heterocycles. The second kappa shape index (κ2) is 8.64. The van der Waals surface area contributed by atoms with E-state index in [4.69, 9.17) is 4.74 Å². The Morgan fingerprint density at radius 3 is 2.56 bits per heavy atom. The van der Waals surface area contributed by atoms with Gasteiger partial charge in [0, 0.05) is 35.3 Å². The number of anilines is 1. The number of halogens is 4. The molecule has 0 fully saturated rings. The number of benzene rings is 1. The zero-order valence-corrected chi connectivity index (χ0v) is 18.5. The van der Waals surface area contributed by atoms with Crippen molar-refractivity contribution in [3.05, 3.63) is 64.9 Å². The van der Waals surface area contributed by atoms with Crippen LogP contribution in [0.25, 0.3) is 16.6 Å². The Morgan fingerprint density at radius 1 is 1.15 bits per heavy atom. The second-order valence-corrected chi connectivity index (χ2v) is 9.31. The van der Waals surface area contributed by atoms with Crippen molar-refractivity contribution in [2.45, 2.75) is 15.4 Å². The Balaban J connectivity index is 1.85. The summed E-state index contributed by atoms with van der Waals surface area (Å²) in [5, 5.41) is 2.74. The second-order valence-electron chi connectivity index (χ2n) is 6.57. The van der Waals surface area contributed by atoms with Crippen molar-refractivity contribution in [1.29, 1.82) is 0 Å². The predicted molar refractivity (Wildman–Crippen MR) is 113 cm³/mol. The predicted octanol–water partition coefficient (Wildman–Crippen LogP) is 3.93. The highest BCUT2D eigenvalue weighted by atomic mass is 32.2. The topological polar surface area (TPSA) is 116 Å². The summed E-state index contributed by atoms with van der Waals surface area (Å²) in [6.07, 6.45) is 1.18. The number of rotatable bonds is 6. The Hall–Kier alpha value is -3.59. The number of thioether (sulfide) groups is 1. The Morgan fingerprint density at radius 2 is 1.91 bits per heavy atom. The summed E-state index contributed by atoms with van der Waals surface area (Å²) >= 11 is -0.764. The largest absolute Gasteiger partial charge is 0.479 e. The van der Waals surface area contributed by atoms with Gasteiger partial charge in [-0.3, -0.25) is 14.1 Å². The molecule has 178 valence electrons. The average Bonchev–Trinajstić information content (AvgIpc) is 3.26. The maximum Gasteiger partial charge on any atom is 0.447 e. The van der Waals surface area contributed by atoms with Crippen molar-refractivity contribution in [1.82, 2.24) is 14.7 Å². The van der Waals surface area contributed by atoms with Crippen LogP contribution in [0.2, 0.25) is 0 Å². The lowest BCUT2D eigenvalue weighted by atomic mass is 10.2. The standard InChI is InChI=1S/C19H12F4N4O5S2/c1-31-17-14(9-12(20)18(24-17)33-19(21,22)23)27-13-4-3-11(8-10(13)2-5-16(27)28)34(29,30)26-15-6-7-32-25-15/h2-9H,1H3,(H,25,26). The fourth-order valence-corrected chi connectivity index (χ4v) is 4.57. The molecule has 0 bridgehead atoms. The molecule has 0 amide bonds. The summed E-state index contributed by atoms with van der Waals surface area (Å²) < 4.78 is 90.6. The third-order valence-corrected chi connectivity index (χ3v) is 6.45. The summed E-state index contributed by atoms with van der Waals surface area (Å²) in [5.41, 5.74) is -5.61. The number of nitrogens with zero attached hydrogens (tertiary/aromatic N) is 3. The molecule has 0 aliphatic carbocycles. The van der Waals surface area contributed by atoms with Crippen LogP contribution in [0.1, 0.15) is 0 Å². The third-order valence-electron chi connectivity index (χ3n) is 4.39. The summed E-state index contributed by atoms with van der Waals surface area (Å²) in [5.74, 6) is -1.81. The monoisotopic (exact) mass is 516 g/mol. The number of fused-ring (bicyclic) bond motifs is 1. The highest BCUT2D eigenvalue weighted by Gasteiger charge is 2.33. The molecule has 9 nitrogen and oxygen atoms in total. The molecule has 0 atom stereocenters. The van der Waals surface area contributed by atoms with Gasteiger partial charge in [-0.25, -0.2) is 17.8 Å². The van der Waals surface area contributed by atoms with Crippen LogP contribution in [-0.2, 0) is 10.0 Å². The lowest BCUT2D eigenvalue weighted by molar-refractivity contribution is -0.0331. The number of hydrogen-bond donors (Lipinski definition) is 1. The van der Waals surface area contributed by atoms with Gasteiger partial charge in [-0.1, -0.05) is 5.16 Å². The summed E-state index contributed by atoms with van der Waals surface area (Å²) in [4.78, 5) is 16.0. The van der Waals surface area contributed by atoms with E-state index in [1.165, 1.54) is 36.6 Å². The van der Waals surface area contributed by atoms with E-state index in [1.54, 1.807) is 0 Å². The van der Waals surface area contributed by atoms with Crippen LogP contribution < -0.4 is 15.0 Å². The SMILES string of the molecule is COc1nc(SC(F)(F)F)c(F)cc1-n1c(=O)ccc2cc(S(=O)(=O)Nc3ccon3)ccc21. The maximum atomic E-state index is 14.5. The zero-order valence-electron chi connectivity index (χ0n) is 16.8. The van der Waals surface area contributed by atoms with Crippen molar-refractivity contribution in [2.75, 3.05) is 11.8 Å². The number of nitrogens with one attached hydrogen (secondary N) is 1. The fourth-order valence-electron chi connectivity index (χ4n) is 3.04. The summed E-state index contributed by atoms with van der Waals surface area (Å²) in [7, 11) is -2.97. The van der Waals surface area contributed by atoms with E-state index in [2.05, 4.69) is 19.4 Å². The number of alkyl halides is 3. The molecular formula is C19H12F4N4O5S2. The quantitative estimate of drug-likeness (QED) is 0.303. The van der Waals surface area contributed by atoms with E-state index in [0.717, 1.165) is 17.7 Å². The number of ether oxygens (including phenoxy) is 1. The van der Waals surface area contributed by atoms with Crippen molar-refractivity contribution in [2.24, 2.45) is 0 Å². The van der Waals surface area contributed by atoms with Crippen LogP contribution in [-0.4, -0.2) is 35.7 Å². The summed E-state index contributed by atoms with van der Waals surface area (Å²) in [6.45, 7) is 0. The van der Waals surface area contributed by atoms with Crippen molar-refractivity contribution in [3.63, 3.8) is 0 Å². The van der Waals surface area contributed by atoms with E-state index >= 15 is 0 Å². The first kappa shape index (κ1) is 23.6. The van der Waals surface area contributed by atoms with Gasteiger partial charge < -0.3 is 9.26 Å². The minimum atomic E-state index is -4.79. The van der Waals surface area contributed by atoms with Gasteiger partial charge in [-0.2, -0.15) is 13.2 Å². The van der Waals surface area contributed by atoms with Crippen molar-refractivity contribution < 1.29 is 35.2 Å². The number of hydrogen-bond acceptors (Lipinski definition) is 8. The molecule has 0 saturated carbocycles. The minimum absolute atomic E-state index is 0.0480. The lowest BCUT2D eigenvalue weighted by Crippen LogP contribution is -2.19. The van der Waals surface area contributed by atoms with E-state index in [9.17, 15) is 30.8 Å². The molecule has 0 aliphatic rings. The maximum absolute atomic E-state index is 14.5. The Bertz CT molecular complexity index is 1540. The number of aromatic nitrogens is 3. The van der Waals surface area contributed by atoms with Crippen LogP contribution >= 0.6 is 11.8 Å². The van der Waals surface area contributed by atoms with Crippen LogP contribution in [0.15, 0.2) is 68.0 Å². The van der Waals surface area contributed by atoms with E-state index in [-0.39, 0.29) is 27.3 Å². The molecule has 0 unspecified atom stereocenters. The Kier molecular flexibility index (Phi) is 5.99. The first-order valence-electron chi connectivity index (χ1n) is 9.08. The van der Waals surface area contributed by atoms with Crippen LogP contribution in [0, 0.1) is 5.82 Å². The van der Waals surface area contributed by atoms with Gasteiger partial charge >= 0.3 is 5.51 Å². The molecule has 4 rings (SSSR count). The Labute approximate surface area is 192 Å². The number of pyridine rings is 2. The van der Waals surface area contributed by atoms with E-state index in [1.807, 2.05) is 0 Å². The van der Waals surface area contributed by atoms with Crippen molar-refractivity contribution >= 4 is 38.5 Å². The molecule has 0 radical (unpaired) electrons. The molecule has 3 aromatic heterocycles. The van der Waals surface area contributed by atoms with Gasteiger partial charge in [0.1, 0.15) is 17.0 Å². The smallest absolute Gasteiger partial charge is 0.447 e. The van der Waals surface area contributed by atoms with E-state index < -0.39 is 49.6 Å². The molecule has 34 heavy (non-hydrogen) atoms. The van der Waals surface area contributed by atoms with Gasteiger partial charge in [0.05, 0.1) is 17.5 Å². The molecule has 1 aromatic carbocycles. The molecule has 3 heterocycles. The highest BCUT2D eigenvalue weighted by Crippen LogP contribution is 2.39. The molecule has 1 N–H and O–H groups in total. The van der Waals surface area contributed by atoms with Crippen LogP contribution in [0.5, 0.6) is 5.88 Å². The van der Waals surface area contributed by atoms with E-state index in [0.29, 0.717) is 6.07 Å². The fraction of sp³-hybridized carbons (Fsp3) is 0.105. The first-order chi connectivity index (χ1) is 16.0. The van der Waals surface area contributed by atoms with Gasteiger partial charge in [0.2, 0.25) is 5.88 Å². The average molecular weight is 516 g/mol.